The summed E-state index contributed by atoms with van der Waals surface area (Å²) in [5.74, 6) is 0.812. The zero-order valence-electron chi connectivity index (χ0n) is 18.4. The van der Waals surface area contributed by atoms with Gasteiger partial charge in [-0.1, -0.05) is 24.3 Å². The molecule has 0 aromatic heterocycles. The summed E-state index contributed by atoms with van der Waals surface area (Å²) < 4.78 is 11.0. The van der Waals surface area contributed by atoms with Gasteiger partial charge in [0.1, 0.15) is 0 Å². The van der Waals surface area contributed by atoms with Crippen LogP contribution in [0, 0.1) is 5.92 Å². The van der Waals surface area contributed by atoms with Crippen molar-refractivity contribution in [2.24, 2.45) is 10.9 Å². The number of carbonyl (C=O) groups is 1. The molecule has 1 heterocycles. The van der Waals surface area contributed by atoms with Crippen LogP contribution in [-0.4, -0.2) is 49.2 Å². The van der Waals surface area contributed by atoms with Crippen molar-refractivity contribution in [2.75, 3.05) is 26.7 Å². The number of nitrogens with zero attached hydrogens (tertiary/aromatic N) is 2. The molecular formula is C22H36IN3O3. The van der Waals surface area contributed by atoms with E-state index in [4.69, 9.17) is 9.47 Å². The van der Waals surface area contributed by atoms with Crippen molar-refractivity contribution in [3.05, 3.63) is 35.4 Å². The molecule has 0 amide bonds. The van der Waals surface area contributed by atoms with Gasteiger partial charge in [0.25, 0.3) is 0 Å². The van der Waals surface area contributed by atoms with Crippen LogP contribution in [0.1, 0.15) is 51.7 Å². The lowest BCUT2D eigenvalue weighted by Gasteiger charge is -2.33. The summed E-state index contributed by atoms with van der Waals surface area (Å²) >= 11 is 0. The van der Waals surface area contributed by atoms with Crippen molar-refractivity contribution in [3.63, 3.8) is 0 Å². The van der Waals surface area contributed by atoms with Crippen LogP contribution in [0.2, 0.25) is 0 Å². The molecule has 164 valence electrons. The molecule has 1 fully saturated rings. The highest BCUT2D eigenvalue weighted by Gasteiger charge is 2.27. The molecule has 1 aliphatic rings. The smallest absolute Gasteiger partial charge is 0.309 e. The predicted octanol–water partition coefficient (Wildman–Crippen LogP) is 3.97. The van der Waals surface area contributed by atoms with Gasteiger partial charge in [-0.05, 0) is 51.7 Å². The molecule has 1 aromatic rings. The van der Waals surface area contributed by atoms with Crippen LogP contribution in [0.15, 0.2) is 29.3 Å². The number of benzene rings is 1. The number of hydrogen-bond acceptors (Lipinski definition) is 4. The number of piperidine rings is 1. The number of aliphatic imine (C=N–C) groups is 1. The van der Waals surface area contributed by atoms with E-state index < -0.39 is 0 Å². The van der Waals surface area contributed by atoms with Gasteiger partial charge in [-0.25, -0.2) is 0 Å². The molecular weight excluding hydrogens is 481 g/mol. The van der Waals surface area contributed by atoms with Crippen LogP contribution in [-0.2, 0) is 27.4 Å². The Labute approximate surface area is 192 Å². The quantitative estimate of drug-likeness (QED) is 0.268. The van der Waals surface area contributed by atoms with E-state index >= 15 is 0 Å². The van der Waals surface area contributed by atoms with Gasteiger partial charge >= 0.3 is 5.97 Å². The lowest BCUT2D eigenvalue weighted by atomic mass is 9.97. The van der Waals surface area contributed by atoms with Crippen LogP contribution < -0.4 is 5.32 Å². The lowest BCUT2D eigenvalue weighted by molar-refractivity contribution is -0.149. The van der Waals surface area contributed by atoms with E-state index in [1.807, 2.05) is 6.92 Å². The zero-order valence-corrected chi connectivity index (χ0v) is 20.7. The minimum Gasteiger partial charge on any atom is -0.466 e. The molecule has 29 heavy (non-hydrogen) atoms. The normalized spacial score (nSPS) is 15.6. The minimum absolute atomic E-state index is 0. The predicted molar refractivity (Wildman–Crippen MR) is 128 cm³/mol. The molecule has 0 spiro atoms. The van der Waals surface area contributed by atoms with Crippen LogP contribution in [0.4, 0.5) is 0 Å². The average molecular weight is 517 g/mol. The molecule has 0 radical (unpaired) electrons. The Hall–Kier alpha value is -1.35. The van der Waals surface area contributed by atoms with E-state index in [1.54, 1.807) is 7.05 Å². The fraction of sp³-hybridized carbons (Fsp3) is 0.636. The molecule has 0 bridgehead atoms. The first-order valence-corrected chi connectivity index (χ1v) is 10.2. The van der Waals surface area contributed by atoms with E-state index in [9.17, 15) is 4.79 Å². The summed E-state index contributed by atoms with van der Waals surface area (Å²) in [4.78, 5) is 18.5. The van der Waals surface area contributed by atoms with Crippen molar-refractivity contribution >= 4 is 35.9 Å². The first-order chi connectivity index (χ1) is 13.3. The van der Waals surface area contributed by atoms with E-state index in [2.05, 4.69) is 60.2 Å². The van der Waals surface area contributed by atoms with Gasteiger partial charge in [0.05, 0.1) is 24.7 Å². The summed E-state index contributed by atoms with van der Waals surface area (Å²) in [5.41, 5.74) is 2.21. The van der Waals surface area contributed by atoms with Gasteiger partial charge < -0.3 is 19.7 Å². The highest BCUT2D eigenvalue weighted by atomic mass is 127. The Kier molecular flexibility index (Phi) is 11.0. The third-order valence-corrected chi connectivity index (χ3v) is 4.74. The van der Waals surface area contributed by atoms with Crippen LogP contribution in [0.3, 0.4) is 0 Å². The van der Waals surface area contributed by atoms with E-state index in [-0.39, 0.29) is 41.5 Å². The summed E-state index contributed by atoms with van der Waals surface area (Å²) in [7, 11) is 1.80. The Morgan fingerprint density at radius 2 is 1.90 bits per heavy atom. The SMILES string of the molecule is CCOC(=O)C1CCN(C(=NC)NCc2cccc(COC(C)(C)C)c2)CC1.I. The van der Waals surface area contributed by atoms with Gasteiger partial charge in [-0.3, -0.25) is 9.79 Å². The second-order valence-electron chi connectivity index (χ2n) is 8.14. The number of hydrogen-bond donors (Lipinski definition) is 1. The zero-order chi connectivity index (χ0) is 20.6. The lowest BCUT2D eigenvalue weighted by Crippen LogP contribution is -2.46. The highest BCUT2D eigenvalue weighted by molar-refractivity contribution is 14.0. The maximum atomic E-state index is 11.9. The fourth-order valence-corrected chi connectivity index (χ4v) is 3.23. The first kappa shape index (κ1) is 25.7. The molecule has 2 rings (SSSR count). The van der Waals surface area contributed by atoms with Crippen molar-refractivity contribution in [1.29, 1.82) is 0 Å². The third-order valence-electron chi connectivity index (χ3n) is 4.74. The Bertz CT molecular complexity index is 666. The standard InChI is InChI=1S/C22H35N3O3.HI/c1-6-27-20(26)19-10-12-25(13-11-19)21(23-5)24-15-17-8-7-9-18(14-17)16-28-22(2,3)4;/h7-9,14,19H,6,10-13,15-16H2,1-5H3,(H,23,24);1H. The Balaban J connectivity index is 0.00000420. The summed E-state index contributed by atoms with van der Waals surface area (Å²) in [5, 5.41) is 3.44. The number of rotatable bonds is 6. The van der Waals surface area contributed by atoms with Gasteiger partial charge in [0, 0.05) is 26.7 Å². The maximum absolute atomic E-state index is 11.9. The largest absolute Gasteiger partial charge is 0.466 e. The van der Waals surface area contributed by atoms with Crippen molar-refractivity contribution in [3.8, 4) is 0 Å². The molecule has 0 atom stereocenters. The molecule has 1 aromatic carbocycles. The van der Waals surface area contributed by atoms with E-state index in [1.165, 1.54) is 11.1 Å². The summed E-state index contributed by atoms with van der Waals surface area (Å²) in [6.07, 6.45) is 1.61. The molecule has 0 saturated carbocycles. The van der Waals surface area contributed by atoms with Crippen molar-refractivity contribution < 1.29 is 14.3 Å². The number of likely N-dealkylation sites (tertiary alicyclic amines) is 1. The topological polar surface area (TPSA) is 63.2 Å². The third kappa shape index (κ3) is 8.90. The summed E-state index contributed by atoms with van der Waals surface area (Å²) in [6, 6.07) is 8.42. The molecule has 0 unspecified atom stereocenters. The average Bonchev–Trinajstić information content (AvgIpc) is 2.67. The number of halogens is 1. The molecule has 0 aliphatic carbocycles. The van der Waals surface area contributed by atoms with Gasteiger partial charge in [0.2, 0.25) is 0 Å². The van der Waals surface area contributed by atoms with Gasteiger partial charge in [-0.2, -0.15) is 0 Å². The number of carbonyl (C=O) groups excluding carboxylic acids is 1. The second kappa shape index (κ2) is 12.4. The number of nitrogens with one attached hydrogen (secondary N) is 1. The second-order valence-corrected chi connectivity index (χ2v) is 8.14. The Morgan fingerprint density at radius 1 is 1.24 bits per heavy atom. The highest BCUT2D eigenvalue weighted by Crippen LogP contribution is 2.19. The fourth-order valence-electron chi connectivity index (χ4n) is 3.23. The van der Waals surface area contributed by atoms with Crippen LogP contribution >= 0.6 is 24.0 Å². The number of esters is 1. The molecule has 6 nitrogen and oxygen atoms in total. The van der Waals surface area contributed by atoms with Crippen molar-refractivity contribution in [2.45, 2.75) is 59.3 Å². The molecule has 1 saturated heterocycles. The summed E-state index contributed by atoms with van der Waals surface area (Å²) in [6.45, 7) is 11.4. The maximum Gasteiger partial charge on any atom is 0.309 e. The molecule has 7 heteroatoms. The van der Waals surface area contributed by atoms with Gasteiger partial charge in [-0.15, -0.1) is 24.0 Å². The van der Waals surface area contributed by atoms with Gasteiger partial charge in [0.15, 0.2) is 5.96 Å². The monoisotopic (exact) mass is 517 g/mol. The van der Waals surface area contributed by atoms with E-state index in [0.717, 1.165) is 31.9 Å². The molecule has 1 aliphatic heterocycles. The van der Waals surface area contributed by atoms with Crippen molar-refractivity contribution in [1.82, 2.24) is 10.2 Å². The molecule has 1 N–H and O–H groups in total. The van der Waals surface area contributed by atoms with Crippen LogP contribution in [0.25, 0.3) is 0 Å². The van der Waals surface area contributed by atoms with E-state index in [0.29, 0.717) is 19.8 Å². The number of ether oxygens (including phenoxy) is 2. The Morgan fingerprint density at radius 3 is 2.48 bits per heavy atom. The van der Waals surface area contributed by atoms with Crippen LogP contribution in [0.5, 0.6) is 0 Å². The minimum atomic E-state index is -0.147. The first-order valence-electron chi connectivity index (χ1n) is 10.2. The number of guanidine groups is 1.